The predicted octanol–water partition coefficient (Wildman–Crippen LogP) is 1.43. The van der Waals surface area contributed by atoms with E-state index >= 15 is 0 Å². The molecule has 0 saturated carbocycles. The van der Waals surface area contributed by atoms with Gasteiger partial charge in [0.15, 0.2) is 0 Å². The molecular weight excluding hydrogens is 272 g/mol. The molecule has 0 aromatic carbocycles. The molecule has 4 heteroatoms. The number of hydrogen-bond donors (Lipinski definition) is 0. The molecule has 0 radical (unpaired) electrons. The summed E-state index contributed by atoms with van der Waals surface area (Å²) in [7, 11) is 2.26. The maximum atomic E-state index is 2.79. The Kier molecular flexibility index (Phi) is 6.14. The Labute approximate surface area is 137 Å². The van der Waals surface area contributed by atoms with Gasteiger partial charge in [0.1, 0.15) is 0 Å². The van der Waals surface area contributed by atoms with Gasteiger partial charge in [0, 0.05) is 38.8 Å². The summed E-state index contributed by atoms with van der Waals surface area (Å²) in [4.78, 5) is 10.6. The van der Waals surface area contributed by atoms with Gasteiger partial charge >= 0.3 is 0 Å². The van der Waals surface area contributed by atoms with Crippen molar-refractivity contribution in [3.8, 4) is 0 Å². The second kappa shape index (κ2) is 8.09. The second-order valence-corrected chi connectivity index (χ2v) is 7.75. The SMILES string of the molecule is CCN1CCC(N2CCN(CC3CCN(C)CC3)CC2)CC1. The summed E-state index contributed by atoms with van der Waals surface area (Å²) >= 11 is 0. The summed E-state index contributed by atoms with van der Waals surface area (Å²) in [5.74, 6) is 0.954. The zero-order chi connectivity index (χ0) is 15.4. The van der Waals surface area contributed by atoms with Gasteiger partial charge in [-0.3, -0.25) is 4.90 Å². The molecule has 0 amide bonds. The van der Waals surface area contributed by atoms with Crippen molar-refractivity contribution in [2.24, 2.45) is 5.92 Å². The molecule has 0 atom stereocenters. The molecule has 3 heterocycles. The van der Waals surface area contributed by atoms with E-state index in [4.69, 9.17) is 0 Å². The van der Waals surface area contributed by atoms with Crippen LogP contribution in [0.25, 0.3) is 0 Å². The molecule has 3 aliphatic heterocycles. The lowest BCUT2D eigenvalue weighted by molar-refractivity contribution is 0.0496. The molecule has 0 unspecified atom stereocenters. The number of likely N-dealkylation sites (tertiary alicyclic amines) is 2. The minimum Gasteiger partial charge on any atom is -0.306 e. The molecule has 0 aliphatic carbocycles. The normalized spacial score (nSPS) is 29.2. The van der Waals surface area contributed by atoms with Crippen molar-refractivity contribution < 1.29 is 0 Å². The molecule has 4 nitrogen and oxygen atoms in total. The lowest BCUT2D eigenvalue weighted by Gasteiger charge is -2.43. The fourth-order valence-corrected chi connectivity index (χ4v) is 4.52. The average molecular weight is 309 g/mol. The predicted molar refractivity (Wildman–Crippen MR) is 93.4 cm³/mol. The molecule has 3 rings (SSSR count). The largest absolute Gasteiger partial charge is 0.306 e. The maximum Gasteiger partial charge on any atom is 0.0121 e. The van der Waals surface area contributed by atoms with Crippen LogP contribution in [-0.2, 0) is 0 Å². The number of nitrogens with zero attached hydrogens (tertiary/aromatic N) is 4. The van der Waals surface area contributed by atoms with Crippen molar-refractivity contribution in [1.82, 2.24) is 19.6 Å². The van der Waals surface area contributed by atoms with Gasteiger partial charge in [-0.05, 0) is 71.4 Å². The van der Waals surface area contributed by atoms with E-state index < -0.39 is 0 Å². The smallest absolute Gasteiger partial charge is 0.0121 e. The van der Waals surface area contributed by atoms with Crippen LogP contribution in [0.1, 0.15) is 32.6 Å². The highest BCUT2D eigenvalue weighted by atomic mass is 15.3. The van der Waals surface area contributed by atoms with Gasteiger partial charge < -0.3 is 14.7 Å². The molecule has 3 fully saturated rings. The van der Waals surface area contributed by atoms with E-state index in [-0.39, 0.29) is 0 Å². The van der Waals surface area contributed by atoms with Gasteiger partial charge in [-0.1, -0.05) is 6.92 Å². The van der Waals surface area contributed by atoms with Crippen LogP contribution in [0.15, 0.2) is 0 Å². The van der Waals surface area contributed by atoms with E-state index in [1.807, 2.05) is 0 Å². The Hall–Kier alpha value is -0.160. The first-order valence-electron chi connectivity index (χ1n) is 9.62. The van der Waals surface area contributed by atoms with Crippen molar-refractivity contribution in [2.75, 3.05) is 72.5 Å². The zero-order valence-corrected chi connectivity index (χ0v) is 14.8. The Morgan fingerprint density at radius 1 is 0.727 bits per heavy atom. The first-order valence-corrected chi connectivity index (χ1v) is 9.62. The Morgan fingerprint density at radius 2 is 1.36 bits per heavy atom. The Morgan fingerprint density at radius 3 is 1.95 bits per heavy atom. The summed E-state index contributed by atoms with van der Waals surface area (Å²) in [5.41, 5.74) is 0. The van der Waals surface area contributed by atoms with Crippen molar-refractivity contribution in [3.05, 3.63) is 0 Å². The summed E-state index contributed by atoms with van der Waals surface area (Å²) in [6.45, 7) is 15.4. The van der Waals surface area contributed by atoms with Crippen LogP contribution in [-0.4, -0.2) is 98.1 Å². The van der Waals surface area contributed by atoms with E-state index in [0.717, 1.165) is 12.0 Å². The van der Waals surface area contributed by atoms with E-state index in [9.17, 15) is 0 Å². The number of hydrogen-bond acceptors (Lipinski definition) is 4. The van der Waals surface area contributed by atoms with Gasteiger partial charge in [0.25, 0.3) is 0 Å². The molecule has 0 spiro atoms. The Balaban J connectivity index is 1.36. The molecule has 22 heavy (non-hydrogen) atoms. The van der Waals surface area contributed by atoms with Crippen LogP contribution in [0.4, 0.5) is 0 Å². The van der Waals surface area contributed by atoms with Gasteiger partial charge in [-0.15, -0.1) is 0 Å². The third-order valence-electron chi connectivity index (χ3n) is 6.28. The van der Waals surface area contributed by atoms with Crippen LogP contribution in [0.3, 0.4) is 0 Å². The first-order chi connectivity index (χ1) is 10.7. The van der Waals surface area contributed by atoms with Gasteiger partial charge in [0.05, 0.1) is 0 Å². The average Bonchev–Trinajstić information content (AvgIpc) is 2.58. The van der Waals surface area contributed by atoms with Crippen molar-refractivity contribution in [2.45, 2.75) is 38.6 Å². The maximum absolute atomic E-state index is 2.79. The highest BCUT2D eigenvalue weighted by molar-refractivity contribution is 4.84. The molecule has 0 aromatic heterocycles. The molecular formula is C18H36N4. The number of piperazine rings is 1. The molecule has 0 aromatic rings. The highest BCUT2D eigenvalue weighted by Crippen LogP contribution is 2.21. The third kappa shape index (κ3) is 4.44. The summed E-state index contributed by atoms with van der Waals surface area (Å²) in [5, 5.41) is 0. The van der Waals surface area contributed by atoms with Crippen molar-refractivity contribution in [1.29, 1.82) is 0 Å². The van der Waals surface area contributed by atoms with Crippen LogP contribution >= 0.6 is 0 Å². The van der Waals surface area contributed by atoms with E-state index in [2.05, 4.69) is 33.6 Å². The Bertz CT molecular complexity index is 311. The minimum atomic E-state index is 0.869. The van der Waals surface area contributed by atoms with Gasteiger partial charge in [-0.2, -0.15) is 0 Å². The zero-order valence-electron chi connectivity index (χ0n) is 14.8. The number of piperidine rings is 2. The second-order valence-electron chi connectivity index (χ2n) is 7.75. The lowest BCUT2D eigenvalue weighted by atomic mass is 9.96. The summed E-state index contributed by atoms with van der Waals surface area (Å²) < 4.78 is 0. The van der Waals surface area contributed by atoms with Gasteiger partial charge in [0.2, 0.25) is 0 Å². The van der Waals surface area contributed by atoms with Gasteiger partial charge in [-0.25, -0.2) is 0 Å². The quantitative estimate of drug-likeness (QED) is 0.779. The molecule has 0 N–H and O–H groups in total. The molecule has 3 aliphatic rings. The fraction of sp³-hybridized carbons (Fsp3) is 1.00. The first kappa shape index (κ1) is 16.7. The van der Waals surface area contributed by atoms with Crippen LogP contribution < -0.4 is 0 Å². The van der Waals surface area contributed by atoms with E-state index in [1.54, 1.807) is 0 Å². The standard InChI is InChI=1S/C18H36N4/c1-3-20-10-6-18(7-11-20)22-14-12-21(13-15-22)16-17-4-8-19(2)9-5-17/h17-18H,3-16H2,1-2H3. The van der Waals surface area contributed by atoms with E-state index in [1.165, 1.54) is 91.1 Å². The van der Waals surface area contributed by atoms with E-state index in [0.29, 0.717) is 0 Å². The van der Waals surface area contributed by atoms with Crippen LogP contribution in [0.5, 0.6) is 0 Å². The molecule has 0 bridgehead atoms. The van der Waals surface area contributed by atoms with Crippen LogP contribution in [0, 0.1) is 5.92 Å². The monoisotopic (exact) mass is 308 g/mol. The third-order valence-corrected chi connectivity index (χ3v) is 6.28. The van der Waals surface area contributed by atoms with Crippen molar-refractivity contribution in [3.63, 3.8) is 0 Å². The number of rotatable bonds is 4. The minimum absolute atomic E-state index is 0.869. The molecule has 128 valence electrons. The summed E-state index contributed by atoms with van der Waals surface area (Å²) in [6, 6.07) is 0.869. The van der Waals surface area contributed by atoms with Crippen molar-refractivity contribution >= 4 is 0 Å². The van der Waals surface area contributed by atoms with Crippen LogP contribution in [0.2, 0.25) is 0 Å². The topological polar surface area (TPSA) is 13.0 Å². The fourth-order valence-electron chi connectivity index (χ4n) is 4.52. The molecule has 3 saturated heterocycles. The summed E-state index contributed by atoms with van der Waals surface area (Å²) in [6.07, 6.45) is 5.60. The highest BCUT2D eigenvalue weighted by Gasteiger charge is 2.28. The lowest BCUT2D eigenvalue weighted by Crippen LogP contribution is -2.54.